The van der Waals surface area contributed by atoms with Gasteiger partial charge in [-0.05, 0) is 16.7 Å². The molecule has 1 aliphatic rings. The Morgan fingerprint density at radius 2 is 1.18 bits per heavy atom. The van der Waals surface area contributed by atoms with Gasteiger partial charge in [0.25, 0.3) is 0 Å². The Hall–Kier alpha value is -3.03. The Morgan fingerprint density at radius 1 is 0.706 bits per heavy atom. The average Bonchev–Trinajstić information content (AvgIpc) is 3.24. The number of methoxy groups -OCH3 is 1. The molecular formula is C28H30O6. The van der Waals surface area contributed by atoms with Crippen molar-refractivity contribution in [2.24, 2.45) is 0 Å². The Balaban J connectivity index is 1.48. The zero-order chi connectivity index (χ0) is 23.6. The second-order valence-corrected chi connectivity index (χ2v) is 8.14. The summed E-state index contributed by atoms with van der Waals surface area (Å²) in [5.74, 6) is -0.489. The minimum absolute atomic E-state index is 0.257. The maximum Gasteiger partial charge on any atom is 0.337 e. The van der Waals surface area contributed by atoms with E-state index in [0.717, 1.165) is 16.7 Å². The minimum atomic E-state index is -0.903. The van der Waals surface area contributed by atoms with Crippen LogP contribution in [0.15, 0.2) is 91.0 Å². The summed E-state index contributed by atoms with van der Waals surface area (Å²) in [6, 6.07) is 29.6. The van der Waals surface area contributed by atoms with E-state index < -0.39 is 30.4 Å². The lowest BCUT2D eigenvalue weighted by Gasteiger charge is -2.24. The van der Waals surface area contributed by atoms with Gasteiger partial charge in [-0.25, -0.2) is 4.79 Å². The highest BCUT2D eigenvalue weighted by atomic mass is 16.6. The van der Waals surface area contributed by atoms with Gasteiger partial charge in [-0.3, -0.25) is 0 Å². The number of benzene rings is 3. The van der Waals surface area contributed by atoms with Crippen molar-refractivity contribution >= 4 is 5.97 Å². The number of hydrogen-bond acceptors (Lipinski definition) is 6. The summed E-state index contributed by atoms with van der Waals surface area (Å²) in [5.41, 5.74) is 3.08. The Kier molecular flexibility index (Phi) is 8.82. The van der Waals surface area contributed by atoms with E-state index >= 15 is 0 Å². The van der Waals surface area contributed by atoms with Crippen LogP contribution in [0.4, 0.5) is 0 Å². The first-order valence-corrected chi connectivity index (χ1v) is 11.4. The molecule has 0 bridgehead atoms. The summed E-state index contributed by atoms with van der Waals surface area (Å²) in [5, 5.41) is 0. The molecule has 0 unspecified atom stereocenters. The Morgan fingerprint density at radius 3 is 1.68 bits per heavy atom. The van der Waals surface area contributed by atoms with Gasteiger partial charge in [-0.15, -0.1) is 0 Å². The summed E-state index contributed by atoms with van der Waals surface area (Å²) < 4.78 is 29.6. The van der Waals surface area contributed by atoms with Crippen LogP contribution in [0.5, 0.6) is 0 Å². The maximum atomic E-state index is 12.6. The van der Waals surface area contributed by atoms with Crippen molar-refractivity contribution in [1.82, 2.24) is 0 Å². The number of carbonyl (C=O) groups is 1. The van der Waals surface area contributed by atoms with Gasteiger partial charge in [0.1, 0.15) is 18.3 Å². The monoisotopic (exact) mass is 462 g/mol. The molecule has 4 rings (SSSR count). The van der Waals surface area contributed by atoms with Crippen molar-refractivity contribution in [3.05, 3.63) is 108 Å². The van der Waals surface area contributed by atoms with Crippen molar-refractivity contribution in [3.8, 4) is 0 Å². The Labute approximate surface area is 200 Å². The summed E-state index contributed by atoms with van der Waals surface area (Å²) in [6.07, 6.45) is -2.54. The lowest BCUT2D eigenvalue weighted by Crippen LogP contribution is -2.41. The first-order valence-electron chi connectivity index (χ1n) is 11.4. The predicted octanol–water partition coefficient (Wildman–Crippen LogP) is 4.31. The van der Waals surface area contributed by atoms with E-state index in [-0.39, 0.29) is 6.61 Å². The van der Waals surface area contributed by atoms with Crippen LogP contribution in [-0.2, 0) is 48.3 Å². The van der Waals surface area contributed by atoms with Gasteiger partial charge < -0.3 is 23.7 Å². The van der Waals surface area contributed by atoms with Gasteiger partial charge in [0.2, 0.25) is 0 Å². The molecule has 0 saturated carbocycles. The first-order chi connectivity index (χ1) is 16.7. The van der Waals surface area contributed by atoms with Crippen molar-refractivity contribution < 1.29 is 28.5 Å². The molecule has 0 N–H and O–H groups in total. The van der Waals surface area contributed by atoms with Gasteiger partial charge >= 0.3 is 5.97 Å². The van der Waals surface area contributed by atoms with Gasteiger partial charge in [0.05, 0.1) is 33.5 Å². The molecular weight excluding hydrogens is 432 g/mol. The molecule has 3 aromatic carbocycles. The van der Waals surface area contributed by atoms with Crippen LogP contribution < -0.4 is 0 Å². The quantitative estimate of drug-likeness (QED) is 0.396. The predicted molar refractivity (Wildman–Crippen MR) is 127 cm³/mol. The molecule has 4 atom stereocenters. The number of rotatable bonds is 11. The fraction of sp³-hybridized carbons (Fsp3) is 0.321. The molecule has 1 saturated heterocycles. The minimum Gasteiger partial charge on any atom is -0.467 e. The molecule has 0 radical (unpaired) electrons. The molecule has 0 amide bonds. The molecule has 34 heavy (non-hydrogen) atoms. The third-order valence-corrected chi connectivity index (χ3v) is 5.71. The van der Waals surface area contributed by atoms with E-state index in [9.17, 15) is 4.79 Å². The number of ether oxygens (including phenoxy) is 5. The molecule has 0 aliphatic carbocycles. The summed E-state index contributed by atoms with van der Waals surface area (Å²) in [7, 11) is 1.35. The van der Waals surface area contributed by atoms with Crippen LogP contribution in [0.2, 0.25) is 0 Å². The van der Waals surface area contributed by atoms with Crippen molar-refractivity contribution in [2.45, 2.75) is 44.2 Å². The molecule has 1 aliphatic heterocycles. The van der Waals surface area contributed by atoms with Crippen LogP contribution >= 0.6 is 0 Å². The van der Waals surface area contributed by atoms with Gasteiger partial charge in [0.15, 0.2) is 6.10 Å². The Bertz CT molecular complexity index is 995. The summed E-state index contributed by atoms with van der Waals surface area (Å²) in [6.45, 7) is 1.38. The molecule has 0 aromatic heterocycles. The van der Waals surface area contributed by atoms with E-state index in [0.29, 0.717) is 19.8 Å². The third-order valence-electron chi connectivity index (χ3n) is 5.71. The summed E-state index contributed by atoms with van der Waals surface area (Å²) >= 11 is 0. The molecule has 6 heteroatoms. The normalized spacial score (nSPS) is 21.9. The SMILES string of the molecule is COC(=O)[C@@H]1O[C@H](COCc2ccccc2)[C@@H](OCc2ccccc2)[C@H]1OCc1ccccc1. The van der Waals surface area contributed by atoms with Crippen LogP contribution in [0.3, 0.4) is 0 Å². The lowest BCUT2D eigenvalue weighted by atomic mass is 10.1. The van der Waals surface area contributed by atoms with Crippen molar-refractivity contribution in [2.75, 3.05) is 13.7 Å². The van der Waals surface area contributed by atoms with Crippen LogP contribution in [0, 0.1) is 0 Å². The molecule has 178 valence electrons. The third kappa shape index (κ3) is 6.52. The van der Waals surface area contributed by atoms with E-state index in [2.05, 4.69) is 0 Å². The van der Waals surface area contributed by atoms with Gasteiger partial charge in [-0.1, -0.05) is 91.0 Å². The zero-order valence-corrected chi connectivity index (χ0v) is 19.2. The van der Waals surface area contributed by atoms with E-state index in [1.807, 2.05) is 91.0 Å². The van der Waals surface area contributed by atoms with E-state index in [1.165, 1.54) is 7.11 Å². The molecule has 1 heterocycles. The molecule has 1 fully saturated rings. The second-order valence-electron chi connectivity index (χ2n) is 8.14. The van der Waals surface area contributed by atoms with Gasteiger partial charge in [-0.2, -0.15) is 0 Å². The van der Waals surface area contributed by atoms with E-state index in [1.54, 1.807) is 0 Å². The van der Waals surface area contributed by atoms with E-state index in [4.69, 9.17) is 23.7 Å². The average molecular weight is 463 g/mol. The number of hydrogen-bond donors (Lipinski definition) is 0. The topological polar surface area (TPSA) is 63.2 Å². The zero-order valence-electron chi connectivity index (χ0n) is 19.2. The molecule has 0 spiro atoms. The first kappa shape index (κ1) is 24.1. The fourth-order valence-electron chi connectivity index (χ4n) is 3.95. The number of esters is 1. The van der Waals surface area contributed by atoms with Crippen LogP contribution in [0.25, 0.3) is 0 Å². The van der Waals surface area contributed by atoms with Crippen LogP contribution in [-0.4, -0.2) is 44.1 Å². The highest BCUT2D eigenvalue weighted by Gasteiger charge is 2.50. The van der Waals surface area contributed by atoms with Gasteiger partial charge in [0, 0.05) is 0 Å². The van der Waals surface area contributed by atoms with Crippen molar-refractivity contribution in [3.63, 3.8) is 0 Å². The highest BCUT2D eigenvalue weighted by molar-refractivity contribution is 5.76. The van der Waals surface area contributed by atoms with Crippen molar-refractivity contribution in [1.29, 1.82) is 0 Å². The second kappa shape index (κ2) is 12.4. The summed E-state index contributed by atoms with van der Waals surface area (Å²) in [4.78, 5) is 12.6. The molecule has 6 nitrogen and oxygen atoms in total. The maximum absolute atomic E-state index is 12.6. The largest absolute Gasteiger partial charge is 0.467 e. The standard InChI is InChI=1S/C28H30O6/c1-30-28(29)27-26(33-19-23-15-9-4-10-16-23)25(32-18-22-13-7-3-8-14-22)24(34-27)20-31-17-21-11-5-2-6-12-21/h2-16,24-27H,17-20H2,1H3/t24-,25-,26-,27-/m1/s1. The molecule has 3 aromatic rings. The number of carbonyl (C=O) groups excluding carboxylic acids is 1. The van der Waals surface area contributed by atoms with Crippen LogP contribution in [0.1, 0.15) is 16.7 Å². The fourth-order valence-corrected chi connectivity index (χ4v) is 3.95. The smallest absolute Gasteiger partial charge is 0.337 e. The highest BCUT2D eigenvalue weighted by Crippen LogP contribution is 2.30. The lowest BCUT2D eigenvalue weighted by molar-refractivity contribution is -0.160.